The molecule has 1 heterocycles. The molecule has 29 heavy (non-hydrogen) atoms. The lowest BCUT2D eigenvalue weighted by Gasteiger charge is -2.14. The Balaban J connectivity index is 2.01. The molecule has 0 saturated heterocycles. The monoisotopic (exact) mass is 477 g/mol. The summed E-state index contributed by atoms with van der Waals surface area (Å²) in [5.41, 5.74) is 8.60. The van der Waals surface area contributed by atoms with Crippen LogP contribution in [0.5, 0.6) is 5.75 Å². The largest absolute Gasteiger partial charge is 0.494 e. The van der Waals surface area contributed by atoms with Crippen LogP contribution >= 0.6 is 27.5 Å². The lowest BCUT2D eigenvalue weighted by atomic mass is 10.1. The molecule has 3 N–H and O–H groups in total. The predicted molar refractivity (Wildman–Crippen MR) is 119 cm³/mol. The van der Waals surface area contributed by atoms with Crippen LogP contribution in [0.2, 0.25) is 5.02 Å². The molecular formula is C20H21BrClN5O2. The van der Waals surface area contributed by atoms with Crippen molar-refractivity contribution in [3.8, 4) is 5.75 Å². The van der Waals surface area contributed by atoms with Crippen LogP contribution in [-0.4, -0.2) is 42.0 Å². The number of carbonyl (C=O) groups excluding carboxylic acids is 1. The second-order valence-electron chi connectivity index (χ2n) is 6.87. The van der Waals surface area contributed by atoms with Gasteiger partial charge in [0.2, 0.25) is 11.9 Å². The van der Waals surface area contributed by atoms with Gasteiger partial charge in [-0.3, -0.25) is 4.79 Å². The van der Waals surface area contributed by atoms with Crippen molar-refractivity contribution in [2.24, 2.45) is 5.73 Å². The van der Waals surface area contributed by atoms with E-state index in [-0.39, 0.29) is 12.3 Å². The van der Waals surface area contributed by atoms with E-state index in [0.717, 1.165) is 23.4 Å². The maximum atomic E-state index is 11.4. The van der Waals surface area contributed by atoms with Crippen LogP contribution in [0.25, 0.3) is 10.9 Å². The first kappa shape index (κ1) is 21.3. The second-order valence-corrected chi connectivity index (χ2v) is 8.11. The second kappa shape index (κ2) is 8.94. The van der Waals surface area contributed by atoms with Crippen molar-refractivity contribution in [3.05, 3.63) is 51.1 Å². The van der Waals surface area contributed by atoms with E-state index in [0.29, 0.717) is 32.1 Å². The lowest BCUT2D eigenvalue weighted by molar-refractivity contribution is -0.117. The van der Waals surface area contributed by atoms with Crippen molar-refractivity contribution in [1.29, 1.82) is 0 Å². The highest BCUT2D eigenvalue weighted by atomic mass is 79.9. The molecule has 7 nitrogen and oxygen atoms in total. The molecule has 0 aliphatic carbocycles. The molecule has 1 amide bonds. The predicted octanol–water partition coefficient (Wildman–Crippen LogP) is 3.89. The summed E-state index contributed by atoms with van der Waals surface area (Å²) in [6.07, 6.45) is 1.81. The van der Waals surface area contributed by atoms with Gasteiger partial charge in [0.25, 0.3) is 0 Å². The van der Waals surface area contributed by atoms with Gasteiger partial charge in [0, 0.05) is 28.3 Å². The number of amides is 1. The molecule has 2 aromatic carbocycles. The zero-order valence-corrected chi connectivity index (χ0v) is 18.6. The van der Waals surface area contributed by atoms with E-state index >= 15 is 0 Å². The number of aromatic nitrogens is 2. The summed E-state index contributed by atoms with van der Waals surface area (Å²) in [5.74, 6) is 0.587. The Morgan fingerprint density at radius 1 is 1.28 bits per heavy atom. The summed E-state index contributed by atoms with van der Waals surface area (Å²) >= 11 is 9.77. The van der Waals surface area contributed by atoms with E-state index in [4.69, 9.17) is 22.1 Å². The molecule has 0 fully saturated rings. The van der Waals surface area contributed by atoms with Gasteiger partial charge in [-0.25, -0.2) is 9.97 Å². The zero-order chi connectivity index (χ0) is 21.1. The van der Waals surface area contributed by atoms with E-state index < -0.39 is 0 Å². The highest BCUT2D eigenvalue weighted by Gasteiger charge is 2.13. The number of primary amides is 1. The van der Waals surface area contributed by atoms with Crippen LogP contribution in [0.15, 0.2) is 34.9 Å². The first-order valence-electron chi connectivity index (χ1n) is 8.78. The van der Waals surface area contributed by atoms with E-state index in [9.17, 15) is 4.79 Å². The molecule has 9 heteroatoms. The number of nitrogens with one attached hydrogen (secondary N) is 1. The number of fused-ring (bicyclic) bond motifs is 1. The molecular weight excluding hydrogens is 458 g/mol. The van der Waals surface area contributed by atoms with Crippen molar-refractivity contribution in [2.45, 2.75) is 13.0 Å². The third kappa shape index (κ3) is 5.14. The molecule has 0 radical (unpaired) electrons. The normalized spacial score (nSPS) is 11.1. The van der Waals surface area contributed by atoms with Crippen molar-refractivity contribution in [1.82, 2.24) is 14.9 Å². The van der Waals surface area contributed by atoms with Gasteiger partial charge in [-0.15, -0.1) is 0 Å². The van der Waals surface area contributed by atoms with Gasteiger partial charge >= 0.3 is 0 Å². The number of nitrogens with two attached hydrogens (primary N) is 1. The maximum absolute atomic E-state index is 11.4. The van der Waals surface area contributed by atoms with Gasteiger partial charge in [0.05, 0.1) is 18.6 Å². The summed E-state index contributed by atoms with van der Waals surface area (Å²) in [7, 11) is 5.54. The fraction of sp³-hybridized carbons (Fsp3) is 0.250. The topological polar surface area (TPSA) is 93.4 Å². The molecule has 0 aliphatic heterocycles. The minimum Gasteiger partial charge on any atom is -0.494 e. The molecule has 0 unspecified atom stereocenters. The van der Waals surface area contributed by atoms with Crippen LogP contribution in [0.3, 0.4) is 0 Å². The molecule has 152 valence electrons. The first-order chi connectivity index (χ1) is 13.8. The average molecular weight is 479 g/mol. The molecule has 0 spiro atoms. The average Bonchev–Trinajstić information content (AvgIpc) is 2.63. The fourth-order valence-electron chi connectivity index (χ4n) is 3.05. The van der Waals surface area contributed by atoms with E-state index in [1.54, 1.807) is 19.4 Å². The van der Waals surface area contributed by atoms with Gasteiger partial charge in [0.1, 0.15) is 11.3 Å². The fourth-order valence-corrected chi connectivity index (χ4v) is 3.66. The molecule has 3 aromatic rings. The Bertz CT molecular complexity index is 1070. The minimum absolute atomic E-state index is 0.159. The molecule has 0 aliphatic rings. The standard InChI is InChI=1S/C20H21BrClN5O2/c1-27(2)10-12-4-11(7-17(23)28)5-13(6-12)25-20-24-9-14-18(22)15(21)8-16(29-3)19(14)26-20/h4-6,8-9H,7,10H2,1-3H3,(H2,23,28)(H,24,25,26). The van der Waals surface area contributed by atoms with Crippen LogP contribution in [-0.2, 0) is 17.8 Å². The van der Waals surface area contributed by atoms with Crippen LogP contribution < -0.4 is 15.8 Å². The Kier molecular flexibility index (Phi) is 6.56. The number of anilines is 2. The number of benzene rings is 2. The number of hydrogen-bond donors (Lipinski definition) is 2. The number of carbonyl (C=O) groups is 1. The van der Waals surface area contributed by atoms with Crippen LogP contribution in [0, 0.1) is 0 Å². The highest BCUT2D eigenvalue weighted by Crippen LogP contribution is 2.36. The van der Waals surface area contributed by atoms with Gasteiger partial charge < -0.3 is 20.7 Å². The van der Waals surface area contributed by atoms with Gasteiger partial charge in [-0.1, -0.05) is 17.7 Å². The van der Waals surface area contributed by atoms with Crippen LogP contribution in [0.4, 0.5) is 11.6 Å². The SMILES string of the molecule is COc1cc(Br)c(Cl)c2cnc(Nc3cc(CC(N)=O)cc(CN(C)C)c3)nc12. The minimum atomic E-state index is -0.384. The summed E-state index contributed by atoms with van der Waals surface area (Å²) in [4.78, 5) is 22.4. The number of hydrogen-bond acceptors (Lipinski definition) is 6. The highest BCUT2D eigenvalue weighted by molar-refractivity contribution is 9.10. The van der Waals surface area contributed by atoms with Crippen molar-refractivity contribution < 1.29 is 9.53 Å². The number of halogens is 2. The van der Waals surface area contributed by atoms with Crippen molar-refractivity contribution in [2.75, 3.05) is 26.5 Å². The summed E-state index contributed by atoms with van der Waals surface area (Å²) < 4.78 is 6.14. The molecule has 0 atom stereocenters. The van der Waals surface area contributed by atoms with E-state index in [1.807, 2.05) is 37.2 Å². The molecule has 0 saturated carbocycles. The van der Waals surface area contributed by atoms with Gasteiger partial charge in [0.15, 0.2) is 0 Å². The number of methoxy groups -OCH3 is 1. The van der Waals surface area contributed by atoms with E-state index in [2.05, 4.69) is 31.2 Å². The third-order valence-electron chi connectivity index (χ3n) is 4.13. The summed E-state index contributed by atoms with van der Waals surface area (Å²) in [5, 5.41) is 4.40. The summed E-state index contributed by atoms with van der Waals surface area (Å²) in [6, 6.07) is 7.59. The van der Waals surface area contributed by atoms with Crippen molar-refractivity contribution >= 4 is 56.0 Å². The smallest absolute Gasteiger partial charge is 0.227 e. The first-order valence-corrected chi connectivity index (χ1v) is 9.95. The Labute approximate surface area is 182 Å². The Morgan fingerprint density at radius 3 is 2.66 bits per heavy atom. The quantitative estimate of drug-likeness (QED) is 0.535. The number of ether oxygens (including phenoxy) is 1. The van der Waals surface area contributed by atoms with Crippen molar-refractivity contribution in [3.63, 3.8) is 0 Å². The molecule has 1 aromatic heterocycles. The van der Waals surface area contributed by atoms with Gasteiger partial charge in [-0.05, 0) is 59.4 Å². The van der Waals surface area contributed by atoms with Crippen LogP contribution in [0.1, 0.15) is 11.1 Å². The third-order valence-corrected chi connectivity index (χ3v) is 5.39. The summed E-state index contributed by atoms with van der Waals surface area (Å²) in [6.45, 7) is 0.720. The molecule has 3 rings (SSSR count). The number of nitrogens with zero attached hydrogens (tertiary/aromatic N) is 3. The number of rotatable bonds is 7. The Morgan fingerprint density at radius 2 is 2.00 bits per heavy atom. The molecule has 0 bridgehead atoms. The lowest BCUT2D eigenvalue weighted by Crippen LogP contribution is -2.15. The van der Waals surface area contributed by atoms with Gasteiger partial charge in [-0.2, -0.15) is 0 Å². The van der Waals surface area contributed by atoms with E-state index in [1.165, 1.54) is 0 Å². The maximum Gasteiger partial charge on any atom is 0.227 e. The zero-order valence-electron chi connectivity index (χ0n) is 16.3. The Hall–Kier alpha value is -2.42.